The van der Waals surface area contributed by atoms with Gasteiger partial charge in [-0.15, -0.1) is 0 Å². The fourth-order valence-corrected chi connectivity index (χ4v) is 2.14. The maximum absolute atomic E-state index is 13.7. The summed E-state index contributed by atoms with van der Waals surface area (Å²) in [5.74, 6) is 0.187. The van der Waals surface area contributed by atoms with E-state index < -0.39 is 31.2 Å². The highest BCUT2D eigenvalue weighted by molar-refractivity contribution is 5.81. The smallest absolute Gasteiger partial charge is 0.167 e. The van der Waals surface area contributed by atoms with Crippen molar-refractivity contribution in [2.75, 3.05) is 12.3 Å². The molecule has 3 heterocycles. The number of nitrogens with zero attached hydrogens (tertiary/aromatic N) is 4. The summed E-state index contributed by atoms with van der Waals surface area (Å²) in [6.07, 6.45) is -2.58. The van der Waals surface area contributed by atoms with Crippen molar-refractivity contribution >= 4 is 17.0 Å². The molecule has 0 radical (unpaired) electrons. The molecule has 1 aliphatic heterocycles. The fraction of sp³-hybridized carbons (Fsp3) is 0.500. The molecule has 0 bridgehead atoms. The van der Waals surface area contributed by atoms with Crippen LogP contribution in [-0.4, -0.2) is 54.7 Å². The minimum Gasteiger partial charge on any atom is -0.394 e. The monoisotopic (exact) mass is 269 g/mol. The van der Waals surface area contributed by atoms with Gasteiger partial charge in [-0.2, -0.15) is 0 Å². The summed E-state index contributed by atoms with van der Waals surface area (Å²) >= 11 is 0. The first-order valence-electron chi connectivity index (χ1n) is 5.65. The molecule has 19 heavy (non-hydrogen) atoms. The SMILES string of the molecule is Nc1ncnc2c1ncn2C1O[C@H](CO)[C@H](F)[C@H]1O. The lowest BCUT2D eigenvalue weighted by Crippen LogP contribution is -2.29. The van der Waals surface area contributed by atoms with Crippen molar-refractivity contribution in [3.63, 3.8) is 0 Å². The number of aliphatic hydroxyl groups excluding tert-OH is 2. The third kappa shape index (κ3) is 1.74. The van der Waals surface area contributed by atoms with E-state index in [1.807, 2.05) is 0 Å². The van der Waals surface area contributed by atoms with E-state index in [0.717, 1.165) is 0 Å². The Morgan fingerprint density at radius 2 is 2.21 bits per heavy atom. The van der Waals surface area contributed by atoms with Crippen LogP contribution in [0.15, 0.2) is 12.7 Å². The second-order valence-corrected chi connectivity index (χ2v) is 4.27. The van der Waals surface area contributed by atoms with Gasteiger partial charge in [0.25, 0.3) is 0 Å². The van der Waals surface area contributed by atoms with E-state index in [2.05, 4.69) is 15.0 Å². The van der Waals surface area contributed by atoms with Crippen LogP contribution in [0, 0.1) is 0 Å². The number of nitrogen functional groups attached to an aromatic ring is 1. The van der Waals surface area contributed by atoms with E-state index >= 15 is 0 Å². The number of aromatic nitrogens is 4. The van der Waals surface area contributed by atoms with Gasteiger partial charge in [0.1, 0.15) is 24.1 Å². The average Bonchev–Trinajstić information content (AvgIpc) is 2.94. The van der Waals surface area contributed by atoms with Gasteiger partial charge in [0.2, 0.25) is 0 Å². The van der Waals surface area contributed by atoms with Gasteiger partial charge in [-0.3, -0.25) is 4.57 Å². The third-order valence-corrected chi connectivity index (χ3v) is 3.13. The lowest BCUT2D eigenvalue weighted by molar-refractivity contribution is -0.0495. The molecule has 4 atom stereocenters. The molecule has 1 saturated heterocycles. The first kappa shape index (κ1) is 12.2. The number of anilines is 1. The maximum atomic E-state index is 13.7. The third-order valence-electron chi connectivity index (χ3n) is 3.13. The van der Waals surface area contributed by atoms with Crippen LogP contribution in [0.25, 0.3) is 11.2 Å². The van der Waals surface area contributed by atoms with Crippen molar-refractivity contribution < 1.29 is 19.3 Å². The molecule has 3 rings (SSSR count). The van der Waals surface area contributed by atoms with Crippen molar-refractivity contribution in [3.8, 4) is 0 Å². The Morgan fingerprint density at radius 1 is 1.42 bits per heavy atom. The molecule has 1 aliphatic rings. The summed E-state index contributed by atoms with van der Waals surface area (Å²) in [6.45, 7) is -0.515. The highest BCUT2D eigenvalue weighted by Gasteiger charge is 2.45. The van der Waals surface area contributed by atoms with E-state index in [1.54, 1.807) is 0 Å². The van der Waals surface area contributed by atoms with Gasteiger partial charge in [-0.05, 0) is 0 Å². The highest BCUT2D eigenvalue weighted by atomic mass is 19.1. The Balaban J connectivity index is 2.04. The molecule has 0 aromatic carbocycles. The number of halogens is 1. The number of ether oxygens (including phenoxy) is 1. The van der Waals surface area contributed by atoms with E-state index in [0.29, 0.717) is 11.2 Å². The number of rotatable bonds is 2. The maximum Gasteiger partial charge on any atom is 0.167 e. The summed E-state index contributed by atoms with van der Waals surface area (Å²) in [5, 5.41) is 18.8. The number of hydrogen-bond acceptors (Lipinski definition) is 7. The Morgan fingerprint density at radius 3 is 2.89 bits per heavy atom. The van der Waals surface area contributed by atoms with Crippen LogP contribution in [0.2, 0.25) is 0 Å². The summed E-state index contributed by atoms with van der Waals surface area (Å²) in [6, 6.07) is 0. The van der Waals surface area contributed by atoms with E-state index in [-0.39, 0.29) is 5.82 Å². The largest absolute Gasteiger partial charge is 0.394 e. The van der Waals surface area contributed by atoms with Crippen LogP contribution in [0.1, 0.15) is 6.23 Å². The molecule has 0 spiro atoms. The van der Waals surface area contributed by atoms with Gasteiger partial charge in [0, 0.05) is 0 Å². The number of nitrogens with two attached hydrogens (primary N) is 1. The van der Waals surface area contributed by atoms with E-state index in [9.17, 15) is 9.50 Å². The zero-order valence-electron chi connectivity index (χ0n) is 9.72. The van der Waals surface area contributed by atoms with Gasteiger partial charge >= 0.3 is 0 Å². The minimum absolute atomic E-state index is 0.187. The Bertz CT molecular complexity index is 606. The van der Waals surface area contributed by atoms with Crippen molar-refractivity contribution in [2.45, 2.75) is 24.6 Å². The Kier molecular flexibility index (Phi) is 2.81. The van der Waals surface area contributed by atoms with Gasteiger partial charge in [-0.25, -0.2) is 19.3 Å². The van der Waals surface area contributed by atoms with Crippen LogP contribution >= 0.6 is 0 Å². The second kappa shape index (κ2) is 4.37. The zero-order valence-corrected chi connectivity index (χ0v) is 9.72. The molecule has 8 nitrogen and oxygen atoms in total. The van der Waals surface area contributed by atoms with Crippen LogP contribution < -0.4 is 5.73 Å². The number of imidazole rings is 1. The van der Waals surface area contributed by atoms with Crippen molar-refractivity contribution in [2.24, 2.45) is 0 Å². The molecule has 9 heteroatoms. The standard InChI is InChI=1S/C10H12FN5O3/c11-5-4(1-17)19-10(7(5)18)16-3-15-6-8(12)13-2-14-9(6)16/h2-5,7,10,17-18H,1H2,(H2,12,13,14)/t4-,5+,7-,10?/m1/s1. The summed E-state index contributed by atoms with van der Waals surface area (Å²) < 4.78 is 20.3. The molecular weight excluding hydrogens is 257 g/mol. The molecule has 0 saturated carbocycles. The van der Waals surface area contributed by atoms with E-state index in [1.165, 1.54) is 17.2 Å². The lowest BCUT2D eigenvalue weighted by Gasteiger charge is -2.15. The van der Waals surface area contributed by atoms with E-state index in [4.69, 9.17) is 15.6 Å². The topological polar surface area (TPSA) is 119 Å². The molecular formula is C10H12FN5O3. The lowest BCUT2D eigenvalue weighted by atomic mass is 10.1. The van der Waals surface area contributed by atoms with Gasteiger partial charge in [-0.1, -0.05) is 0 Å². The molecule has 2 aromatic rings. The quantitative estimate of drug-likeness (QED) is 0.639. The van der Waals surface area contributed by atoms with Crippen LogP contribution in [0.3, 0.4) is 0 Å². The number of aliphatic hydroxyl groups is 2. The van der Waals surface area contributed by atoms with Crippen LogP contribution in [0.4, 0.5) is 10.2 Å². The average molecular weight is 269 g/mol. The molecule has 2 aromatic heterocycles. The predicted molar refractivity (Wildman–Crippen MR) is 61.6 cm³/mol. The minimum atomic E-state index is -1.67. The number of alkyl halides is 1. The second-order valence-electron chi connectivity index (χ2n) is 4.27. The number of hydrogen-bond donors (Lipinski definition) is 3. The molecule has 1 unspecified atom stereocenters. The Hall–Kier alpha value is -1.84. The van der Waals surface area contributed by atoms with Gasteiger partial charge in [0.05, 0.1) is 12.9 Å². The molecule has 1 fully saturated rings. The molecule has 0 amide bonds. The first-order chi connectivity index (χ1) is 9.13. The fourth-order valence-electron chi connectivity index (χ4n) is 2.14. The van der Waals surface area contributed by atoms with Gasteiger partial charge in [0.15, 0.2) is 23.9 Å². The zero-order chi connectivity index (χ0) is 13.6. The molecule has 4 N–H and O–H groups in total. The molecule has 102 valence electrons. The summed E-state index contributed by atoms with van der Waals surface area (Å²) in [7, 11) is 0. The molecule has 0 aliphatic carbocycles. The predicted octanol–water partition coefficient (Wildman–Crippen LogP) is -1.00. The van der Waals surface area contributed by atoms with Crippen LogP contribution in [0.5, 0.6) is 0 Å². The highest BCUT2D eigenvalue weighted by Crippen LogP contribution is 2.33. The van der Waals surface area contributed by atoms with Crippen molar-refractivity contribution in [1.29, 1.82) is 0 Å². The van der Waals surface area contributed by atoms with Crippen molar-refractivity contribution in [1.82, 2.24) is 19.5 Å². The first-order valence-corrected chi connectivity index (χ1v) is 5.65. The summed E-state index contributed by atoms with van der Waals surface area (Å²) in [5.41, 5.74) is 6.32. The summed E-state index contributed by atoms with van der Waals surface area (Å²) in [4.78, 5) is 11.8. The Labute approximate surface area is 106 Å². The number of fused-ring (bicyclic) bond motifs is 1. The van der Waals surface area contributed by atoms with Crippen molar-refractivity contribution in [3.05, 3.63) is 12.7 Å². The van der Waals surface area contributed by atoms with Gasteiger partial charge < -0.3 is 20.7 Å². The van der Waals surface area contributed by atoms with Crippen LogP contribution in [-0.2, 0) is 4.74 Å². The normalized spacial score (nSPS) is 31.1.